The molecule has 0 saturated carbocycles. The average Bonchev–Trinajstić information content (AvgIpc) is 3.09. The van der Waals surface area contributed by atoms with Crippen molar-refractivity contribution in [1.29, 1.82) is 0 Å². The topological polar surface area (TPSA) is 25.2 Å². The lowest BCUT2D eigenvalue weighted by Crippen LogP contribution is -2.08. The van der Waals surface area contributed by atoms with E-state index in [9.17, 15) is 5.11 Å². The second-order valence-electron chi connectivity index (χ2n) is 6.77. The van der Waals surface area contributed by atoms with Crippen molar-refractivity contribution in [2.45, 2.75) is 12.8 Å². The fourth-order valence-electron chi connectivity index (χ4n) is 4.03. The van der Waals surface area contributed by atoms with Gasteiger partial charge in [-0.05, 0) is 47.7 Å². The molecule has 2 heteroatoms. The lowest BCUT2D eigenvalue weighted by molar-refractivity contribution is 0.475. The molecule has 2 nitrogen and oxygen atoms in total. The molecule has 1 aliphatic rings. The number of hydrogen-bond acceptors (Lipinski definition) is 1. The highest BCUT2D eigenvalue weighted by Crippen LogP contribution is 2.40. The van der Waals surface area contributed by atoms with Crippen molar-refractivity contribution >= 4 is 0 Å². The van der Waals surface area contributed by atoms with Crippen LogP contribution in [0.4, 0.5) is 0 Å². The van der Waals surface area contributed by atoms with Crippen LogP contribution in [0.3, 0.4) is 0 Å². The molecular weight excluding hydrogens is 318 g/mol. The Kier molecular flexibility index (Phi) is 3.42. The Labute approximate surface area is 153 Å². The van der Waals surface area contributed by atoms with Gasteiger partial charge in [0.2, 0.25) is 0 Å². The number of hydrogen-bond donors (Lipinski definition) is 1. The van der Waals surface area contributed by atoms with Crippen LogP contribution < -0.4 is 0 Å². The molecule has 3 aromatic carbocycles. The molecule has 1 aromatic heterocycles. The van der Waals surface area contributed by atoms with Crippen molar-refractivity contribution in [2.75, 3.05) is 0 Å². The van der Waals surface area contributed by atoms with Crippen molar-refractivity contribution in [3.63, 3.8) is 0 Å². The van der Waals surface area contributed by atoms with E-state index in [1.165, 1.54) is 27.9 Å². The zero-order valence-corrected chi connectivity index (χ0v) is 14.4. The van der Waals surface area contributed by atoms with Crippen molar-refractivity contribution in [1.82, 2.24) is 4.57 Å². The summed E-state index contributed by atoms with van der Waals surface area (Å²) in [5.41, 5.74) is 8.70. The minimum Gasteiger partial charge on any atom is -0.508 e. The highest BCUT2D eigenvalue weighted by molar-refractivity contribution is 5.80. The number of phenols is 1. The predicted molar refractivity (Wildman–Crippen MR) is 106 cm³/mol. The Morgan fingerprint density at radius 3 is 2.35 bits per heavy atom. The van der Waals surface area contributed by atoms with Crippen LogP contribution in [0, 0.1) is 0 Å². The fourth-order valence-corrected chi connectivity index (χ4v) is 4.03. The van der Waals surface area contributed by atoms with Crippen LogP contribution >= 0.6 is 0 Å². The van der Waals surface area contributed by atoms with Crippen LogP contribution in [-0.4, -0.2) is 9.67 Å². The molecule has 0 fully saturated rings. The molecular formula is C24H19NO. The third-order valence-electron chi connectivity index (χ3n) is 5.20. The third-order valence-corrected chi connectivity index (χ3v) is 5.20. The summed E-state index contributed by atoms with van der Waals surface area (Å²) in [7, 11) is 0. The monoisotopic (exact) mass is 337 g/mol. The van der Waals surface area contributed by atoms with Gasteiger partial charge in [0.15, 0.2) is 0 Å². The Hall–Kier alpha value is -3.26. The smallest absolute Gasteiger partial charge is 0.117 e. The van der Waals surface area contributed by atoms with E-state index in [0.29, 0.717) is 5.75 Å². The van der Waals surface area contributed by atoms with Gasteiger partial charge in [-0.25, -0.2) is 0 Å². The second kappa shape index (κ2) is 5.92. The molecule has 0 saturated heterocycles. The molecule has 0 radical (unpaired) electrons. The van der Waals surface area contributed by atoms with Gasteiger partial charge in [-0.15, -0.1) is 0 Å². The fraction of sp³-hybridized carbons (Fsp3) is 0.0833. The van der Waals surface area contributed by atoms with Crippen LogP contribution in [0.1, 0.15) is 11.3 Å². The first kappa shape index (κ1) is 15.0. The third kappa shape index (κ3) is 2.34. The lowest BCUT2D eigenvalue weighted by atomic mass is 9.90. The molecule has 0 unspecified atom stereocenters. The summed E-state index contributed by atoms with van der Waals surface area (Å²) < 4.78 is 2.31. The molecule has 1 aliphatic carbocycles. The van der Waals surface area contributed by atoms with Crippen molar-refractivity contribution in [3.8, 4) is 33.8 Å². The van der Waals surface area contributed by atoms with Crippen LogP contribution in [0.2, 0.25) is 0 Å². The van der Waals surface area contributed by atoms with E-state index in [4.69, 9.17) is 0 Å². The van der Waals surface area contributed by atoms with Gasteiger partial charge in [-0.2, -0.15) is 0 Å². The molecule has 0 amide bonds. The Bertz CT molecular complexity index is 1090. The number of aryl methyl sites for hydroxylation is 1. The van der Waals surface area contributed by atoms with E-state index in [-0.39, 0.29) is 0 Å². The number of nitrogens with zero attached hydrogens (tertiary/aromatic N) is 1. The van der Waals surface area contributed by atoms with Gasteiger partial charge in [0, 0.05) is 23.0 Å². The average molecular weight is 337 g/mol. The molecule has 1 N–H and O–H groups in total. The summed E-state index contributed by atoms with van der Waals surface area (Å²) in [5.74, 6) is 0.292. The van der Waals surface area contributed by atoms with Gasteiger partial charge in [0.05, 0.1) is 5.69 Å². The number of rotatable bonds is 2. The quantitative estimate of drug-likeness (QED) is 0.505. The molecule has 4 aromatic rings. The molecule has 26 heavy (non-hydrogen) atoms. The molecule has 0 aliphatic heterocycles. The van der Waals surface area contributed by atoms with Crippen molar-refractivity contribution < 1.29 is 5.11 Å². The van der Waals surface area contributed by atoms with E-state index in [2.05, 4.69) is 65.2 Å². The van der Waals surface area contributed by atoms with Gasteiger partial charge in [-0.3, -0.25) is 0 Å². The maximum Gasteiger partial charge on any atom is 0.117 e. The van der Waals surface area contributed by atoms with Gasteiger partial charge >= 0.3 is 0 Å². The highest BCUT2D eigenvalue weighted by Gasteiger charge is 2.23. The van der Waals surface area contributed by atoms with E-state index < -0.39 is 0 Å². The minimum atomic E-state index is 0.292. The largest absolute Gasteiger partial charge is 0.508 e. The number of fused-ring (bicyclic) bond motifs is 3. The molecule has 0 spiro atoms. The highest BCUT2D eigenvalue weighted by atomic mass is 16.3. The first-order chi connectivity index (χ1) is 12.8. The van der Waals surface area contributed by atoms with E-state index in [1.807, 2.05) is 18.2 Å². The van der Waals surface area contributed by atoms with E-state index >= 15 is 0 Å². The second-order valence-corrected chi connectivity index (χ2v) is 6.77. The van der Waals surface area contributed by atoms with Crippen LogP contribution in [0.25, 0.3) is 28.1 Å². The molecule has 5 rings (SSSR count). The number of phenolic OH excluding ortho intramolecular Hbond substituents is 1. The first-order valence-corrected chi connectivity index (χ1v) is 8.99. The Morgan fingerprint density at radius 1 is 0.692 bits per heavy atom. The zero-order valence-electron chi connectivity index (χ0n) is 14.4. The number of benzene rings is 3. The number of aromatic nitrogens is 1. The van der Waals surface area contributed by atoms with Crippen molar-refractivity contribution in [2.24, 2.45) is 0 Å². The predicted octanol–water partition coefficient (Wildman–Crippen LogP) is 5.62. The molecule has 126 valence electrons. The Morgan fingerprint density at radius 2 is 1.50 bits per heavy atom. The van der Waals surface area contributed by atoms with Crippen LogP contribution in [-0.2, 0) is 12.8 Å². The van der Waals surface area contributed by atoms with E-state index in [1.54, 1.807) is 6.07 Å². The summed E-state index contributed by atoms with van der Waals surface area (Å²) in [6.07, 6.45) is 2.04. The van der Waals surface area contributed by atoms with E-state index in [0.717, 1.165) is 24.2 Å². The SMILES string of the molecule is Oc1cccc(-n2c(-c3ccccc3)cc3c2CCc2ccccc2-3)c1. The maximum absolute atomic E-state index is 10.0. The molecule has 0 bridgehead atoms. The summed E-state index contributed by atoms with van der Waals surface area (Å²) >= 11 is 0. The van der Waals surface area contributed by atoms with Crippen LogP contribution in [0.15, 0.2) is 84.9 Å². The zero-order chi connectivity index (χ0) is 17.5. The van der Waals surface area contributed by atoms with Gasteiger partial charge in [-0.1, -0.05) is 60.7 Å². The summed E-state index contributed by atoms with van der Waals surface area (Å²) in [5, 5.41) is 10.0. The Balaban J connectivity index is 1.82. The summed E-state index contributed by atoms with van der Waals surface area (Å²) in [6, 6.07) is 29.0. The standard InChI is InChI=1S/C24H19NO/c26-20-11-6-10-19(15-20)25-23-14-13-17-7-4-5-12-21(17)22(23)16-24(25)18-8-2-1-3-9-18/h1-12,15-16,26H,13-14H2. The molecule has 0 atom stereocenters. The molecule has 1 heterocycles. The van der Waals surface area contributed by atoms with Crippen molar-refractivity contribution in [3.05, 3.63) is 96.2 Å². The van der Waals surface area contributed by atoms with Gasteiger partial charge < -0.3 is 9.67 Å². The lowest BCUT2D eigenvalue weighted by Gasteiger charge is -2.20. The maximum atomic E-state index is 10.0. The minimum absolute atomic E-state index is 0.292. The van der Waals surface area contributed by atoms with Gasteiger partial charge in [0.25, 0.3) is 0 Å². The number of aromatic hydroxyl groups is 1. The van der Waals surface area contributed by atoms with Crippen LogP contribution in [0.5, 0.6) is 5.75 Å². The first-order valence-electron chi connectivity index (χ1n) is 8.99. The summed E-state index contributed by atoms with van der Waals surface area (Å²) in [4.78, 5) is 0. The van der Waals surface area contributed by atoms with Gasteiger partial charge in [0.1, 0.15) is 5.75 Å². The normalized spacial score (nSPS) is 12.5. The summed E-state index contributed by atoms with van der Waals surface area (Å²) in [6.45, 7) is 0.